The van der Waals surface area contributed by atoms with Gasteiger partial charge < -0.3 is 15.2 Å². The molecule has 5 nitrogen and oxygen atoms in total. The Morgan fingerprint density at radius 2 is 2.25 bits per heavy atom. The second-order valence-electron chi connectivity index (χ2n) is 3.73. The third kappa shape index (κ3) is 2.31. The summed E-state index contributed by atoms with van der Waals surface area (Å²) in [6.07, 6.45) is 1.74. The van der Waals surface area contributed by atoms with Crippen LogP contribution in [0.1, 0.15) is 11.5 Å². The van der Waals surface area contributed by atoms with Crippen LogP contribution in [0.15, 0.2) is 28.9 Å². The Bertz CT molecular complexity index is 463. The van der Waals surface area contributed by atoms with Crippen LogP contribution < -0.4 is 10.6 Å². The first-order valence-electron chi connectivity index (χ1n) is 5.00. The van der Waals surface area contributed by atoms with E-state index in [9.17, 15) is 0 Å². The molecule has 2 aromatic rings. The van der Waals surface area contributed by atoms with Crippen molar-refractivity contribution in [1.29, 1.82) is 0 Å². The molecular weight excluding hydrogens is 204 g/mol. The normalized spacial score (nSPS) is 10.4. The maximum atomic E-state index is 5.53. The highest BCUT2D eigenvalue weighted by molar-refractivity contribution is 5.47. The highest BCUT2D eigenvalue weighted by atomic mass is 16.5. The molecule has 0 unspecified atom stereocenters. The van der Waals surface area contributed by atoms with Crippen LogP contribution in [-0.4, -0.2) is 17.2 Å². The Hall–Kier alpha value is -2.04. The molecule has 0 aliphatic rings. The maximum Gasteiger partial charge on any atom is 0.133 e. The van der Waals surface area contributed by atoms with Gasteiger partial charge in [0, 0.05) is 13.1 Å². The zero-order valence-electron chi connectivity index (χ0n) is 9.34. The lowest BCUT2D eigenvalue weighted by atomic mass is 10.3. The lowest BCUT2D eigenvalue weighted by molar-refractivity contribution is 0.390. The van der Waals surface area contributed by atoms with Crippen molar-refractivity contribution < 1.29 is 4.52 Å². The minimum Gasteiger partial charge on any atom is -0.384 e. The molecule has 0 saturated carbocycles. The third-order valence-corrected chi connectivity index (χ3v) is 2.29. The molecule has 16 heavy (non-hydrogen) atoms. The fourth-order valence-corrected chi connectivity index (χ4v) is 1.45. The first-order valence-corrected chi connectivity index (χ1v) is 5.00. The van der Waals surface area contributed by atoms with Crippen molar-refractivity contribution in [2.24, 2.45) is 0 Å². The van der Waals surface area contributed by atoms with Gasteiger partial charge in [-0.05, 0) is 19.1 Å². The largest absolute Gasteiger partial charge is 0.384 e. The number of nitrogen functional groups attached to an aromatic ring is 1. The van der Waals surface area contributed by atoms with Crippen LogP contribution in [0.2, 0.25) is 0 Å². The van der Waals surface area contributed by atoms with Gasteiger partial charge in [-0.3, -0.25) is 0 Å². The molecule has 2 rings (SSSR count). The topological polar surface area (TPSA) is 68.2 Å². The van der Waals surface area contributed by atoms with Crippen LogP contribution in [-0.2, 0) is 6.54 Å². The van der Waals surface area contributed by atoms with Gasteiger partial charge in [0.2, 0.25) is 0 Å². The number of hydrogen-bond acceptors (Lipinski definition) is 5. The number of nitrogens with two attached hydrogens (primary N) is 1. The maximum absolute atomic E-state index is 5.53. The van der Waals surface area contributed by atoms with Gasteiger partial charge in [-0.15, -0.1) is 0 Å². The molecule has 0 saturated heterocycles. The molecular formula is C11H14N4O. The van der Waals surface area contributed by atoms with E-state index in [2.05, 4.69) is 10.1 Å². The van der Waals surface area contributed by atoms with Gasteiger partial charge in [0.15, 0.2) is 0 Å². The summed E-state index contributed by atoms with van der Waals surface area (Å²) in [7, 11) is 1.97. The molecule has 2 aromatic heterocycles. The lowest BCUT2D eigenvalue weighted by Gasteiger charge is -2.16. The Balaban J connectivity index is 2.08. The first kappa shape index (κ1) is 10.5. The highest BCUT2D eigenvalue weighted by Crippen LogP contribution is 2.15. The second kappa shape index (κ2) is 4.22. The minimum absolute atomic E-state index is 0.523. The first-order chi connectivity index (χ1) is 7.65. The van der Waals surface area contributed by atoms with Crippen molar-refractivity contribution in [1.82, 2.24) is 10.1 Å². The quantitative estimate of drug-likeness (QED) is 0.847. The average molecular weight is 218 g/mol. The van der Waals surface area contributed by atoms with E-state index in [1.807, 2.05) is 31.0 Å². The molecule has 0 amide bonds. The zero-order valence-corrected chi connectivity index (χ0v) is 9.34. The van der Waals surface area contributed by atoms with Crippen LogP contribution >= 0.6 is 0 Å². The standard InChI is InChI=1S/C11H14N4O/c1-8-5-9(14-16-8)7-15(2)10-3-4-11(12)13-6-10/h3-6H,7H2,1-2H3,(H2,12,13). The van der Waals surface area contributed by atoms with E-state index in [0.717, 1.165) is 17.1 Å². The Morgan fingerprint density at radius 3 is 2.81 bits per heavy atom. The van der Waals surface area contributed by atoms with Gasteiger partial charge in [-0.2, -0.15) is 0 Å². The van der Waals surface area contributed by atoms with E-state index < -0.39 is 0 Å². The summed E-state index contributed by atoms with van der Waals surface area (Å²) < 4.78 is 5.01. The summed E-state index contributed by atoms with van der Waals surface area (Å²) in [4.78, 5) is 6.07. The molecule has 0 radical (unpaired) electrons. The van der Waals surface area contributed by atoms with E-state index in [4.69, 9.17) is 10.3 Å². The fourth-order valence-electron chi connectivity index (χ4n) is 1.45. The Morgan fingerprint density at radius 1 is 1.44 bits per heavy atom. The summed E-state index contributed by atoms with van der Waals surface area (Å²) in [6.45, 7) is 2.56. The van der Waals surface area contributed by atoms with Crippen molar-refractivity contribution in [3.8, 4) is 0 Å². The van der Waals surface area contributed by atoms with Crippen molar-refractivity contribution in [2.45, 2.75) is 13.5 Å². The molecule has 0 fully saturated rings. The van der Waals surface area contributed by atoms with Crippen LogP contribution in [0.5, 0.6) is 0 Å². The molecule has 0 bridgehead atoms. The number of aryl methyl sites for hydroxylation is 1. The van der Waals surface area contributed by atoms with Gasteiger partial charge in [-0.1, -0.05) is 5.16 Å². The highest BCUT2D eigenvalue weighted by Gasteiger charge is 2.06. The Labute approximate surface area is 93.9 Å². The van der Waals surface area contributed by atoms with Crippen molar-refractivity contribution in [3.63, 3.8) is 0 Å². The lowest BCUT2D eigenvalue weighted by Crippen LogP contribution is -2.16. The molecule has 0 aromatic carbocycles. The van der Waals surface area contributed by atoms with Gasteiger partial charge in [0.1, 0.15) is 17.3 Å². The molecule has 5 heteroatoms. The van der Waals surface area contributed by atoms with E-state index in [-0.39, 0.29) is 0 Å². The molecule has 0 aliphatic carbocycles. The predicted molar refractivity (Wildman–Crippen MR) is 62.0 cm³/mol. The van der Waals surface area contributed by atoms with Crippen molar-refractivity contribution in [3.05, 3.63) is 35.9 Å². The number of anilines is 2. The number of aromatic nitrogens is 2. The second-order valence-corrected chi connectivity index (χ2v) is 3.73. The molecule has 0 spiro atoms. The van der Waals surface area contributed by atoms with E-state index in [1.165, 1.54) is 0 Å². The van der Waals surface area contributed by atoms with Crippen LogP contribution in [0.4, 0.5) is 11.5 Å². The van der Waals surface area contributed by atoms with Gasteiger partial charge in [0.05, 0.1) is 18.4 Å². The minimum atomic E-state index is 0.523. The van der Waals surface area contributed by atoms with E-state index in [1.54, 1.807) is 12.3 Å². The summed E-state index contributed by atoms with van der Waals surface area (Å²) in [6, 6.07) is 5.62. The summed E-state index contributed by atoms with van der Waals surface area (Å²) >= 11 is 0. The summed E-state index contributed by atoms with van der Waals surface area (Å²) in [5.41, 5.74) is 7.42. The van der Waals surface area contributed by atoms with Crippen LogP contribution in [0.25, 0.3) is 0 Å². The number of nitrogens with zero attached hydrogens (tertiary/aromatic N) is 3. The third-order valence-electron chi connectivity index (χ3n) is 2.29. The average Bonchev–Trinajstić information content (AvgIpc) is 2.65. The van der Waals surface area contributed by atoms with Gasteiger partial charge in [0.25, 0.3) is 0 Å². The van der Waals surface area contributed by atoms with E-state index >= 15 is 0 Å². The molecule has 0 atom stereocenters. The van der Waals surface area contributed by atoms with E-state index in [0.29, 0.717) is 12.4 Å². The predicted octanol–water partition coefficient (Wildman–Crippen LogP) is 1.60. The van der Waals surface area contributed by atoms with Crippen molar-refractivity contribution >= 4 is 11.5 Å². The van der Waals surface area contributed by atoms with Gasteiger partial charge in [-0.25, -0.2) is 4.98 Å². The number of pyridine rings is 1. The van der Waals surface area contributed by atoms with Crippen molar-refractivity contribution in [2.75, 3.05) is 17.7 Å². The van der Waals surface area contributed by atoms with Crippen LogP contribution in [0, 0.1) is 6.92 Å². The molecule has 84 valence electrons. The molecule has 2 N–H and O–H groups in total. The summed E-state index contributed by atoms with van der Waals surface area (Å²) in [5.74, 6) is 1.34. The monoisotopic (exact) mass is 218 g/mol. The van der Waals surface area contributed by atoms with Crippen LogP contribution in [0.3, 0.4) is 0 Å². The smallest absolute Gasteiger partial charge is 0.133 e. The SMILES string of the molecule is Cc1cc(CN(C)c2ccc(N)nc2)no1. The summed E-state index contributed by atoms with van der Waals surface area (Å²) in [5, 5.41) is 3.94. The molecule has 0 aliphatic heterocycles. The van der Waals surface area contributed by atoms with Gasteiger partial charge >= 0.3 is 0 Å². The molecule has 2 heterocycles. The zero-order chi connectivity index (χ0) is 11.5. The number of hydrogen-bond donors (Lipinski definition) is 1. The number of rotatable bonds is 3. The fraction of sp³-hybridized carbons (Fsp3) is 0.273. The Kier molecular flexibility index (Phi) is 2.76.